The molecule has 0 saturated heterocycles. The summed E-state index contributed by atoms with van der Waals surface area (Å²) in [5.41, 5.74) is 1.91. The van der Waals surface area contributed by atoms with E-state index in [1.165, 1.54) is 0 Å². The summed E-state index contributed by atoms with van der Waals surface area (Å²) >= 11 is 5.95. The zero-order chi connectivity index (χ0) is 9.84. The van der Waals surface area contributed by atoms with Crippen molar-refractivity contribution in [2.75, 3.05) is 7.11 Å². The van der Waals surface area contributed by atoms with E-state index >= 15 is 0 Å². The summed E-state index contributed by atoms with van der Waals surface area (Å²) in [7, 11) is 1.59. The summed E-state index contributed by atoms with van der Waals surface area (Å²) in [6.45, 7) is 2.27. The van der Waals surface area contributed by atoms with Crippen LogP contribution < -0.4 is 10.6 Å². The molecule has 0 saturated carbocycles. The first-order valence-electron chi connectivity index (χ1n) is 3.83. The van der Waals surface area contributed by atoms with Gasteiger partial charge in [-0.2, -0.15) is 0 Å². The lowest BCUT2D eigenvalue weighted by Gasteiger charge is -2.08. The molecule has 72 valence electrons. The van der Waals surface area contributed by atoms with Crippen LogP contribution in [-0.2, 0) is 11.4 Å². The van der Waals surface area contributed by atoms with Gasteiger partial charge in [0.05, 0.1) is 18.7 Å². The molecule has 0 radical (unpaired) electrons. The van der Waals surface area contributed by atoms with Crippen LogP contribution in [0.1, 0.15) is 11.1 Å². The monoisotopic (exact) mass is 201 g/mol. The first-order chi connectivity index (χ1) is 6.19. The number of hydrogen-bond donors (Lipinski definition) is 1. The van der Waals surface area contributed by atoms with Crippen molar-refractivity contribution < 1.29 is 9.57 Å². The molecule has 0 amide bonds. The van der Waals surface area contributed by atoms with E-state index in [4.69, 9.17) is 22.2 Å². The van der Waals surface area contributed by atoms with Crippen molar-refractivity contribution in [1.82, 2.24) is 0 Å². The lowest BCUT2D eigenvalue weighted by atomic mass is 10.1. The predicted molar refractivity (Wildman–Crippen MR) is 51.7 cm³/mol. The second-order valence-corrected chi connectivity index (χ2v) is 3.15. The Morgan fingerprint density at radius 2 is 2.15 bits per heavy atom. The van der Waals surface area contributed by atoms with Crippen LogP contribution in [0.15, 0.2) is 12.1 Å². The van der Waals surface area contributed by atoms with Crippen LogP contribution in [0, 0.1) is 6.92 Å². The van der Waals surface area contributed by atoms with Crippen molar-refractivity contribution in [2.24, 2.45) is 5.90 Å². The molecule has 0 aliphatic heterocycles. The topological polar surface area (TPSA) is 44.5 Å². The standard InChI is InChI=1S/C9H12ClNO2/c1-6-3-7(5-13-11)4-8(10)9(6)12-2/h3-4H,5,11H2,1-2H3. The van der Waals surface area contributed by atoms with Gasteiger partial charge in [-0.25, -0.2) is 5.90 Å². The van der Waals surface area contributed by atoms with Gasteiger partial charge >= 0.3 is 0 Å². The molecule has 1 aromatic carbocycles. The second kappa shape index (κ2) is 4.46. The van der Waals surface area contributed by atoms with Gasteiger partial charge in [0.2, 0.25) is 0 Å². The Labute approximate surface area is 82.4 Å². The van der Waals surface area contributed by atoms with Gasteiger partial charge in [-0.1, -0.05) is 11.6 Å². The Hall–Kier alpha value is -0.770. The van der Waals surface area contributed by atoms with E-state index in [2.05, 4.69) is 4.84 Å². The fraction of sp³-hybridized carbons (Fsp3) is 0.333. The highest BCUT2D eigenvalue weighted by atomic mass is 35.5. The third-order valence-electron chi connectivity index (χ3n) is 1.74. The van der Waals surface area contributed by atoms with Crippen LogP contribution in [0.5, 0.6) is 5.75 Å². The van der Waals surface area contributed by atoms with Crippen molar-refractivity contribution in [3.63, 3.8) is 0 Å². The lowest BCUT2D eigenvalue weighted by molar-refractivity contribution is 0.124. The molecule has 1 rings (SSSR count). The van der Waals surface area contributed by atoms with E-state index in [1.54, 1.807) is 13.2 Å². The third kappa shape index (κ3) is 2.34. The molecule has 0 aliphatic rings. The van der Waals surface area contributed by atoms with Crippen LogP contribution in [0.25, 0.3) is 0 Å². The summed E-state index contributed by atoms with van der Waals surface area (Å²) in [4.78, 5) is 4.51. The minimum absolute atomic E-state index is 0.352. The molecular weight excluding hydrogens is 190 g/mol. The van der Waals surface area contributed by atoms with Gasteiger partial charge in [0.1, 0.15) is 5.75 Å². The molecule has 0 bridgehead atoms. The Morgan fingerprint density at radius 3 is 2.62 bits per heavy atom. The number of benzene rings is 1. The number of rotatable bonds is 3. The molecule has 0 atom stereocenters. The van der Waals surface area contributed by atoms with Crippen LogP contribution in [-0.4, -0.2) is 7.11 Å². The molecular formula is C9H12ClNO2. The zero-order valence-electron chi connectivity index (χ0n) is 7.63. The molecule has 2 N–H and O–H groups in total. The Morgan fingerprint density at radius 1 is 1.46 bits per heavy atom. The summed E-state index contributed by atoms with van der Waals surface area (Å²) < 4.78 is 5.10. The number of hydrogen-bond acceptors (Lipinski definition) is 3. The SMILES string of the molecule is COc1c(C)cc(CON)cc1Cl. The fourth-order valence-corrected chi connectivity index (χ4v) is 1.61. The van der Waals surface area contributed by atoms with Crippen molar-refractivity contribution in [3.05, 3.63) is 28.3 Å². The summed E-state index contributed by atoms with van der Waals surface area (Å²) in [5, 5.41) is 0.578. The fourth-order valence-electron chi connectivity index (χ4n) is 1.24. The van der Waals surface area contributed by atoms with Gasteiger partial charge < -0.3 is 4.74 Å². The van der Waals surface area contributed by atoms with Gasteiger partial charge in [0, 0.05) is 0 Å². The van der Waals surface area contributed by atoms with E-state index in [0.29, 0.717) is 17.4 Å². The third-order valence-corrected chi connectivity index (χ3v) is 2.02. The molecule has 0 heterocycles. The van der Waals surface area contributed by atoms with Crippen LogP contribution in [0.2, 0.25) is 5.02 Å². The van der Waals surface area contributed by atoms with Gasteiger partial charge in [-0.15, -0.1) is 0 Å². The van der Waals surface area contributed by atoms with E-state index < -0.39 is 0 Å². The lowest BCUT2D eigenvalue weighted by Crippen LogP contribution is -2.00. The summed E-state index contributed by atoms with van der Waals surface area (Å²) in [6.07, 6.45) is 0. The van der Waals surface area contributed by atoms with E-state index in [1.807, 2.05) is 13.0 Å². The Balaban J connectivity index is 3.05. The minimum Gasteiger partial charge on any atom is -0.495 e. The molecule has 3 nitrogen and oxygen atoms in total. The first kappa shape index (κ1) is 10.3. The molecule has 0 spiro atoms. The van der Waals surface area contributed by atoms with E-state index in [9.17, 15) is 0 Å². The number of aryl methyl sites for hydroxylation is 1. The maximum Gasteiger partial charge on any atom is 0.140 e. The quantitative estimate of drug-likeness (QED) is 0.762. The van der Waals surface area contributed by atoms with Crippen LogP contribution in [0.4, 0.5) is 0 Å². The highest BCUT2D eigenvalue weighted by molar-refractivity contribution is 6.32. The van der Waals surface area contributed by atoms with Gasteiger partial charge in [0.15, 0.2) is 0 Å². The average Bonchev–Trinajstić information content (AvgIpc) is 2.04. The molecule has 4 heteroatoms. The van der Waals surface area contributed by atoms with E-state index in [0.717, 1.165) is 11.1 Å². The normalized spacial score (nSPS) is 10.2. The Kier molecular flexibility index (Phi) is 3.54. The molecule has 13 heavy (non-hydrogen) atoms. The largest absolute Gasteiger partial charge is 0.495 e. The molecule has 0 aromatic heterocycles. The number of methoxy groups -OCH3 is 1. The Bertz CT molecular complexity index is 279. The molecule has 0 unspecified atom stereocenters. The highest BCUT2D eigenvalue weighted by Gasteiger charge is 2.06. The average molecular weight is 202 g/mol. The van der Waals surface area contributed by atoms with Crippen molar-refractivity contribution in [1.29, 1.82) is 0 Å². The van der Waals surface area contributed by atoms with Crippen molar-refractivity contribution >= 4 is 11.6 Å². The minimum atomic E-state index is 0.352. The van der Waals surface area contributed by atoms with Crippen molar-refractivity contribution in [2.45, 2.75) is 13.5 Å². The maximum atomic E-state index is 5.95. The number of nitrogens with two attached hydrogens (primary N) is 1. The first-order valence-corrected chi connectivity index (χ1v) is 4.21. The molecule has 0 fully saturated rings. The predicted octanol–water partition coefficient (Wildman–Crippen LogP) is 2.05. The summed E-state index contributed by atoms with van der Waals surface area (Å²) in [6, 6.07) is 3.71. The summed E-state index contributed by atoms with van der Waals surface area (Å²) in [5.74, 6) is 5.65. The highest BCUT2D eigenvalue weighted by Crippen LogP contribution is 2.29. The number of ether oxygens (including phenoxy) is 1. The van der Waals surface area contributed by atoms with E-state index in [-0.39, 0.29) is 0 Å². The van der Waals surface area contributed by atoms with Crippen LogP contribution in [0.3, 0.4) is 0 Å². The second-order valence-electron chi connectivity index (χ2n) is 2.74. The van der Waals surface area contributed by atoms with Gasteiger partial charge in [0.25, 0.3) is 0 Å². The maximum absolute atomic E-state index is 5.95. The van der Waals surface area contributed by atoms with Crippen LogP contribution >= 0.6 is 11.6 Å². The van der Waals surface area contributed by atoms with Crippen molar-refractivity contribution in [3.8, 4) is 5.75 Å². The smallest absolute Gasteiger partial charge is 0.140 e. The van der Waals surface area contributed by atoms with Gasteiger partial charge in [-0.05, 0) is 30.2 Å². The molecule has 0 aliphatic carbocycles. The molecule has 1 aromatic rings. The zero-order valence-corrected chi connectivity index (χ0v) is 8.39. The van der Waals surface area contributed by atoms with Gasteiger partial charge in [-0.3, -0.25) is 4.84 Å². The number of halogens is 1.